The van der Waals surface area contributed by atoms with Crippen molar-refractivity contribution in [2.45, 2.75) is 51.0 Å². The molecule has 1 fully saturated rings. The first kappa shape index (κ1) is 16.3. The second kappa shape index (κ2) is 6.13. The molecular weight excluding hydrogens is 308 g/mol. The van der Waals surface area contributed by atoms with Crippen molar-refractivity contribution in [3.8, 4) is 0 Å². The van der Waals surface area contributed by atoms with Gasteiger partial charge < -0.3 is 4.57 Å². The van der Waals surface area contributed by atoms with Crippen LogP contribution in [0.5, 0.6) is 0 Å². The Labute approximate surface area is 138 Å². The third-order valence-corrected chi connectivity index (χ3v) is 6.00. The van der Waals surface area contributed by atoms with E-state index in [4.69, 9.17) is 0 Å². The standard InChI is InChI=1S/C18H24N2O2S/c1-13-4-8-18(9-5-13)23(21,22)19-11-10-16-12-14(2)20(15(16)3)17-6-7-17/h4-5,8-9,12,17,19H,6-7,10-11H2,1-3H3. The van der Waals surface area contributed by atoms with Gasteiger partial charge >= 0.3 is 0 Å². The molecule has 0 saturated heterocycles. The lowest BCUT2D eigenvalue weighted by Crippen LogP contribution is -2.26. The molecule has 0 atom stereocenters. The number of aromatic nitrogens is 1. The van der Waals surface area contributed by atoms with Gasteiger partial charge in [-0.3, -0.25) is 0 Å². The normalized spacial score (nSPS) is 15.1. The van der Waals surface area contributed by atoms with Gasteiger partial charge in [-0.2, -0.15) is 0 Å². The van der Waals surface area contributed by atoms with Crippen LogP contribution in [0, 0.1) is 20.8 Å². The largest absolute Gasteiger partial charge is 0.346 e. The molecule has 1 saturated carbocycles. The molecule has 1 N–H and O–H groups in total. The highest BCUT2D eigenvalue weighted by molar-refractivity contribution is 7.89. The highest BCUT2D eigenvalue weighted by Crippen LogP contribution is 2.38. The van der Waals surface area contributed by atoms with E-state index in [1.165, 1.54) is 29.8 Å². The van der Waals surface area contributed by atoms with Crippen molar-refractivity contribution in [2.75, 3.05) is 6.54 Å². The highest BCUT2D eigenvalue weighted by atomic mass is 32.2. The summed E-state index contributed by atoms with van der Waals surface area (Å²) in [6.07, 6.45) is 3.24. The van der Waals surface area contributed by atoms with E-state index < -0.39 is 10.0 Å². The number of sulfonamides is 1. The molecule has 0 aliphatic heterocycles. The van der Waals surface area contributed by atoms with Gasteiger partial charge in [-0.25, -0.2) is 13.1 Å². The van der Waals surface area contributed by atoms with Gasteiger partial charge in [0, 0.05) is 24.0 Å². The average Bonchev–Trinajstić information content (AvgIpc) is 3.27. The zero-order valence-electron chi connectivity index (χ0n) is 14.0. The molecule has 0 radical (unpaired) electrons. The van der Waals surface area contributed by atoms with Crippen LogP contribution in [0.3, 0.4) is 0 Å². The summed E-state index contributed by atoms with van der Waals surface area (Å²) < 4.78 is 29.7. The number of rotatable bonds is 6. The van der Waals surface area contributed by atoms with Gasteiger partial charge in [0.2, 0.25) is 10.0 Å². The number of nitrogens with one attached hydrogen (secondary N) is 1. The predicted molar refractivity (Wildman–Crippen MR) is 92.2 cm³/mol. The molecule has 1 heterocycles. The van der Waals surface area contributed by atoms with Crippen molar-refractivity contribution >= 4 is 10.0 Å². The Balaban J connectivity index is 1.65. The first-order valence-electron chi connectivity index (χ1n) is 8.12. The van der Waals surface area contributed by atoms with Crippen molar-refractivity contribution in [3.05, 3.63) is 52.8 Å². The van der Waals surface area contributed by atoms with Crippen LogP contribution in [-0.2, 0) is 16.4 Å². The maximum Gasteiger partial charge on any atom is 0.240 e. The van der Waals surface area contributed by atoms with Gasteiger partial charge in [-0.15, -0.1) is 0 Å². The van der Waals surface area contributed by atoms with Gasteiger partial charge in [-0.1, -0.05) is 17.7 Å². The lowest BCUT2D eigenvalue weighted by atomic mass is 10.2. The quantitative estimate of drug-likeness (QED) is 0.882. The van der Waals surface area contributed by atoms with Gasteiger partial charge in [0.1, 0.15) is 0 Å². The molecule has 4 nitrogen and oxygen atoms in total. The van der Waals surface area contributed by atoms with Crippen molar-refractivity contribution < 1.29 is 8.42 Å². The van der Waals surface area contributed by atoms with Gasteiger partial charge in [0.15, 0.2) is 0 Å². The zero-order valence-corrected chi connectivity index (χ0v) is 14.8. The van der Waals surface area contributed by atoms with Crippen LogP contribution in [0.2, 0.25) is 0 Å². The minimum atomic E-state index is -3.42. The Morgan fingerprint density at radius 3 is 2.39 bits per heavy atom. The Morgan fingerprint density at radius 2 is 1.78 bits per heavy atom. The van der Waals surface area contributed by atoms with Gasteiger partial charge in [-0.05, 0) is 63.8 Å². The van der Waals surface area contributed by atoms with Crippen LogP contribution in [0.25, 0.3) is 0 Å². The summed E-state index contributed by atoms with van der Waals surface area (Å²) >= 11 is 0. The monoisotopic (exact) mass is 332 g/mol. The third kappa shape index (κ3) is 3.51. The summed E-state index contributed by atoms with van der Waals surface area (Å²) in [7, 11) is -3.42. The summed E-state index contributed by atoms with van der Waals surface area (Å²) in [5.41, 5.74) is 4.85. The summed E-state index contributed by atoms with van der Waals surface area (Å²) in [6, 6.07) is 9.78. The van der Waals surface area contributed by atoms with E-state index in [0.29, 0.717) is 17.5 Å². The van der Waals surface area contributed by atoms with Gasteiger partial charge in [0.05, 0.1) is 4.90 Å². The van der Waals surface area contributed by atoms with E-state index in [0.717, 1.165) is 12.0 Å². The average molecular weight is 332 g/mol. The molecule has 0 spiro atoms. The molecule has 3 rings (SSSR count). The fourth-order valence-corrected chi connectivity index (χ4v) is 4.15. The summed E-state index contributed by atoms with van der Waals surface area (Å²) in [5.74, 6) is 0. The van der Waals surface area contributed by atoms with E-state index in [2.05, 4.69) is 29.2 Å². The Bertz CT molecular complexity index is 800. The van der Waals surface area contributed by atoms with Crippen molar-refractivity contribution in [1.82, 2.24) is 9.29 Å². The third-order valence-electron chi connectivity index (χ3n) is 4.52. The molecule has 5 heteroatoms. The van der Waals surface area contributed by atoms with E-state index >= 15 is 0 Å². The Hall–Kier alpha value is -1.59. The Morgan fingerprint density at radius 1 is 1.13 bits per heavy atom. The summed E-state index contributed by atoms with van der Waals surface area (Å²) in [6.45, 7) is 6.63. The maximum absolute atomic E-state index is 12.3. The first-order chi connectivity index (χ1) is 10.9. The minimum absolute atomic E-state index is 0.326. The fraction of sp³-hybridized carbons (Fsp3) is 0.444. The molecule has 0 bridgehead atoms. The number of hydrogen-bond acceptors (Lipinski definition) is 2. The fourth-order valence-electron chi connectivity index (χ4n) is 3.11. The highest BCUT2D eigenvalue weighted by Gasteiger charge is 2.26. The number of hydrogen-bond donors (Lipinski definition) is 1. The van der Waals surface area contributed by atoms with Crippen molar-refractivity contribution in [1.29, 1.82) is 0 Å². The van der Waals surface area contributed by atoms with E-state index in [1.807, 2.05) is 19.1 Å². The topological polar surface area (TPSA) is 51.1 Å². The van der Waals surface area contributed by atoms with Crippen molar-refractivity contribution in [2.24, 2.45) is 0 Å². The van der Waals surface area contributed by atoms with Crippen LogP contribution in [-0.4, -0.2) is 19.5 Å². The second-order valence-corrected chi connectivity index (χ2v) is 8.23. The van der Waals surface area contributed by atoms with Crippen LogP contribution in [0.1, 0.15) is 41.4 Å². The molecular formula is C18H24N2O2S. The molecule has 23 heavy (non-hydrogen) atoms. The molecule has 1 aromatic carbocycles. The number of nitrogens with zero attached hydrogens (tertiary/aromatic N) is 1. The summed E-state index contributed by atoms with van der Waals surface area (Å²) in [4.78, 5) is 0.326. The molecule has 0 unspecified atom stereocenters. The molecule has 1 aliphatic rings. The molecule has 1 aliphatic carbocycles. The van der Waals surface area contributed by atoms with E-state index in [1.54, 1.807) is 12.1 Å². The SMILES string of the molecule is Cc1ccc(S(=O)(=O)NCCc2cc(C)n(C3CC3)c2C)cc1. The lowest BCUT2D eigenvalue weighted by molar-refractivity contribution is 0.581. The van der Waals surface area contributed by atoms with Crippen molar-refractivity contribution in [3.63, 3.8) is 0 Å². The predicted octanol–water partition coefficient (Wildman–Crippen LogP) is 3.27. The number of benzene rings is 1. The molecule has 1 aromatic heterocycles. The minimum Gasteiger partial charge on any atom is -0.346 e. The smallest absolute Gasteiger partial charge is 0.240 e. The number of aryl methyl sites for hydroxylation is 2. The summed E-state index contributed by atoms with van der Waals surface area (Å²) in [5, 5.41) is 0. The Kier molecular flexibility index (Phi) is 4.34. The van der Waals surface area contributed by atoms with Crippen LogP contribution >= 0.6 is 0 Å². The lowest BCUT2D eigenvalue weighted by Gasteiger charge is -2.09. The van der Waals surface area contributed by atoms with E-state index in [-0.39, 0.29) is 0 Å². The van der Waals surface area contributed by atoms with Gasteiger partial charge in [0.25, 0.3) is 0 Å². The second-order valence-electron chi connectivity index (χ2n) is 6.46. The molecule has 124 valence electrons. The first-order valence-corrected chi connectivity index (χ1v) is 9.60. The van der Waals surface area contributed by atoms with E-state index in [9.17, 15) is 8.42 Å². The maximum atomic E-state index is 12.3. The molecule has 0 amide bonds. The molecule has 2 aromatic rings. The van der Waals surface area contributed by atoms with Crippen LogP contribution in [0.4, 0.5) is 0 Å². The van der Waals surface area contributed by atoms with Crippen LogP contribution in [0.15, 0.2) is 35.2 Å². The van der Waals surface area contributed by atoms with Crippen LogP contribution < -0.4 is 4.72 Å². The zero-order chi connectivity index (χ0) is 16.6.